The maximum absolute atomic E-state index is 13.1. The lowest BCUT2D eigenvalue weighted by molar-refractivity contribution is 0.198. The van der Waals surface area contributed by atoms with E-state index in [9.17, 15) is 4.39 Å². The second-order valence-electron chi connectivity index (χ2n) is 8.19. The van der Waals surface area contributed by atoms with Gasteiger partial charge in [0.2, 0.25) is 0 Å². The summed E-state index contributed by atoms with van der Waals surface area (Å²) in [6, 6.07) is 10.8. The SMILES string of the molecule is Fc1ccc(-c2cnc(Nc3cc(C[C@H]4CCC[C@@H]5CNC[C@@H]54)ccn3)s2)cc1. The average molecular weight is 409 g/mol. The monoisotopic (exact) mass is 408 g/mol. The highest BCUT2D eigenvalue weighted by atomic mass is 32.1. The summed E-state index contributed by atoms with van der Waals surface area (Å²) in [7, 11) is 0. The van der Waals surface area contributed by atoms with E-state index in [1.165, 1.54) is 50.0 Å². The van der Waals surface area contributed by atoms with Crippen molar-refractivity contribution in [1.29, 1.82) is 0 Å². The van der Waals surface area contributed by atoms with Gasteiger partial charge in [0, 0.05) is 12.4 Å². The Balaban J connectivity index is 1.27. The van der Waals surface area contributed by atoms with Crippen molar-refractivity contribution in [3.63, 3.8) is 0 Å². The zero-order valence-electron chi connectivity index (χ0n) is 16.3. The second kappa shape index (κ2) is 8.20. The number of benzene rings is 1. The fourth-order valence-electron chi connectivity index (χ4n) is 4.89. The van der Waals surface area contributed by atoms with Crippen LogP contribution in [0.15, 0.2) is 48.8 Å². The molecule has 1 aliphatic heterocycles. The first kappa shape index (κ1) is 18.7. The molecule has 29 heavy (non-hydrogen) atoms. The first-order valence-corrected chi connectivity index (χ1v) is 11.2. The minimum Gasteiger partial charge on any atom is -0.316 e. The second-order valence-corrected chi connectivity index (χ2v) is 9.22. The summed E-state index contributed by atoms with van der Waals surface area (Å²) >= 11 is 1.55. The summed E-state index contributed by atoms with van der Waals surface area (Å²) in [6.45, 7) is 2.38. The molecule has 2 N–H and O–H groups in total. The lowest BCUT2D eigenvalue weighted by atomic mass is 9.72. The van der Waals surface area contributed by atoms with E-state index in [0.717, 1.165) is 45.6 Å². The number of fused-ring (bicyclic) bond motifs is 1. The highest BCUT2D eigenvalue weighted by Crippen LogP contribution is 2.39. The standard InChI is InChI=1S/C23H25FN4S/c24-19-6-4-16(5-7-19)21-14-27-23(29-21)28-22-11-15(8-9-26-22)10-17-2-1-3-18-12-25-13-20(17)18/h4-9,11,14,17-18,20,25H,1-3,10,12-13H2,(H,26,27,28)/t17-,18-,20-/m1/s1. The van der Waals surface area contributed by atoms with Crippen LogP contribution in [-0.4, -0.2) is 23.1 Å². The highest BCUT2D eigenvalue weighted by molar-refractivity contribution is 7.18. The van der Waals surface area contributed by atoms with Crippen LogP contribution in [0.4, 0.5) is 15.3 Å². The zero-order valence-corrected chi connectivity index (χ0v) is 17.1. The number of thiazole rings is 1. The Kier molecular flexibility index (Phi) is 5.29. The number of hydrogen-bond donors (Lipinski definition) is 2. The number of aromatic nitrogens is 2. The third kappa shape index (κ3) is 4.19. The lowest BCUT2D eigenvalue weighted by Gasteiger charge is -2.33. The van der Waals surface area contributed by atoms with E-state index in [1.54, 1.807) is 23.5 Å². The summed E-state index contributed by atoms with van der Waals surface area (Å²) in [6.07, 6.45) is 8.91. The maximum atomic E-state index is 13.1. The molecule has 1 saturated carbocycles. The molecule has 3 aromatic rings. The van der Waals surface area contributed by atoms with E-state index < -0.39 is 0 Å². The van der Waals surface area contributed by atoms with Crippen LogP contribution < -0.4 is 10.6 Å². The highest BCUT2D eigenvalue weighted by Gasteiger charge is 2.36. The number of nitrogens with one attached hydrogen (secondary N) is 2. The third-order valence-corrected chi connectivity index (χ3v) is 7.30. The fraction of sp³-hybridized carbons (Fsp3) is 0.391. The van der Waals surface area contributed by atoms with Gasteiger partial charge in [-0.15, -0.1) is 0 Å². The topological polar surface area (TPSA) is 49.8 Å². The van der Waals surface area contributed by atoms with Gasteiger partial charge in [-0.25, -0.2) is 14.4 Å². The summed E-state index contributed by atoms with van der Waals surface area (Å²) in [5.74, 6) is 3.07. The molecule has 3 atom stereocenters. The first-order valence-electron chi connectivity index (χ1n) is 10.4. The zero-order chi connectivity index (χ0) is 19.6. The molecule has 2 fully saturated rings. The molecule has 2 aliphatic rings. The van der Waals surface area contributed by atoms with E-state index in [4.69, 9.17) is 0 Å². The van der Waals surface area contributed by atoms with Gasteiger partial charge in [0.15, 0.2) is 5.13 Å². The molecule has 2 aromatic heterocycles. The van der Waals surface area contributed by atoms with Crippen molar-refractivity contribution in [1.82, 2.24) is 15.3 Å². The largest absolute Gasteiger partial charge is 0.316 e. The van der Waals surface area contributed by atoms with Crippen molar-refractivity contribution in [3.05, 3.63) is 60.2 Å². The predicted molar refractivity (Wildman–Crippen MR) is 116 cm³/mol. The number of pyridine rings is 1. The number of nitrogens with zero attached hydrogens (tertiary/aromatic N) is 2. The summed E-state index contributed by atoms with van der Waals surface area (Å²) in [5.41, 5.74) is 2.31. The molecular formula is C23H25FN4S. The molecule has 0 bridgehead atoms. The summed E-state index contributed by atoms with van der Waals surface area (Å²) < 4.78 is 13.1. The Hall–Kier alpha value is -2.31. The van der Waals surface area contributed by atoms with Crippen molar-refractivity contribution in [2.24, 2.45) is 17.8 Å². The van der Waals surface area contributed by atoms with Crippen molar-refractivity contribution >= 4 is 22.3 Å². The molecule has 1 saturated heterocycles. The Morgan fingerprint density at radius 3 is 2.90 bits per heavy atom. The fourth-order valence-corrected chi connectivity index (χ4v) is 5.72. The van der Waals surface area contributed by atoms with Gasteiger partial charge < -0.3 is 10.6 Å². The van der Waals surface area contributed by atoms with Gasteiger partial charge >= 0.3 is 0 Å². The van der Waals surface area contributed by atoms with Crippen molar-refractivity contribution < 1.29 is 4.39 Å². The molecule has 3 heterocycles. The van der Waals surface area contributed by atoms with Gasteiger partial charge in [0.25, 0.3) is 0 Å². The van der Waals surface area contributed by atoms with Crippen LogP contribution in [0.2, 0.25) is 0 Å². The van der Waals surface area contributed by atoms with Crippen molar-refractivity contribution in [3.8, 4) is 10.4 Å². The smallest absolute Gasteiger partial charge is 0.188 e. The van der Waals surface area contributed by atoms with Gasteiger partial charge in [0.05, 0.1) is 4.88 Å². The van der Waals surface area contributed by atoms with E-state index in [2.05, 4.69) is 32.7 Å². The molecule has 4 nitrogen and oxygen atoms in total. The summed E-state index contributed by atoms with van der Waals surface area (Å²) in [5, 5.41) is 7.73. The molecule has 0 unspecified atom stereocenters. The van der Waals surface area contributed by atoms with E-state index in [0.29, 0.717) is 0 Å². The average Bonchev–Trinajstić information content (AvgIpc) is 3.39. The van der Waals surface area contributed by atoms with Crippen LogP contribution in [-0.2, 0) is 6.42 Å². The van der Waals surface area contributed by atoms with Crippen LogP contribution in [0, 0.1) is 23.6 Å². The Morgan fingerprint density at radius 2 is 2.00 bits per heavy atom. The number of rotatable bonds is 5. The minimum absolute atomic E-state index is 0.227. The minimum atomic E-state index is -0.227. The molecule has 1 aromatic carbocycles. The van der Waals surface area contributed by atoms with Gasteiger partial charge in [0.1, 0.15) is 11.6 Å². The molecule has 5 rings (SSSR count). The Morgan fingerprint density at radius 1 is 1.10 bits per heavy atom. The van der Waals surface area contributed by atoms with E-state index in [-0.39, 0.29) is 5.82 Å². The number of hydrogen-bond acceptors (Lipinski definition) is 5. The van der Waals surface area contributed by atoms with Crippen LogP contribution in [0.1, 0.15) is 24.8 Å². The quantitative estimate of drug-likeness (QED) is 0.604. The van der Waals surface area contributed by atoms with Crippen molar-refractivity contribution in [2.45, 2.75) is 25.7 Å². The van der Waals surface area contributed by atoms with E-state index in [1.807, 2.05) is 12.4 Å². The van der Waals surface area contributed by atoms with Gasteiger partial charge in [-0.1, -0.05) is 29.9 Å². The van der Waals surface area contributed by atoms with Crippen molar-refractivity contribution in [2.75, 3.05) is 18.4 Å². The van der Waals surface area contributed by atoms with Crippen LogP contribution in [0.5, 0.6) is 0 Å². The van der Waals surface area contributed by atoms with Gasteiger partial charge in [-0.05, 0) is 85.5 Å². The van der Waals surface area contributed by atoms with Crippen LogP contribution in [0.3, 0.4) is 0 Å². The first-order chi connectivity index (χ1) is 14.2. The van der Waals surface area contributed by atoms with Crippen LogP contribution in [0.25, 0.3) is 10.4 Å². The predicted octanol–water partition coefficient (Wildman–Crippen LogP) is 5.27. The normalized spacial score (nSPS) is 23.7. The third-order valence-electron chi connectivity index (χ3n) is 6.34. The van der Waals surface area contributed by atoms with Gasteiger partial charge in [-0.2, -0.15) is 0 Å². The molecular weight excluding hydrogens is 383 g/mol. The van der Waals surface area contributed by atoms with E-state index >= 15 is 0 Å². The molecule has 0 spiro atoms. The summed E-state index contributed by atoms with van der Waals surface area (Å²) in [4.78, 5) is 9.95. The number of halogens is 1. The molecule has 0 radical (unpaired) electrons. The number of anilines is 2. The molecule has 150 valence electrons. The molecule has 6 heteroatoms. The molecule has 0 amide bonds. The lowest BCUT2D eigenvalue weighted by Crippen LogP contribution is -2.28. The maximum Gasteiger partial charge on any atom is 0.188 e. The van der Waals surface area contributed by atoms with Gasteiger partial charge in [-0.3, -0.25) is 0 Å². The Labute approximate surface area is 174 Å². The molecule has 1 aliphatic carbocycles. The Bertz CT molecular complexity index is 971. The van der Waals surface area contributed by atoms with Crippen LogP contribution >= 0.6 is 11.3 Å².